The fourth-order valence-corrected chi connectivity index (χ4v) is 4.34. The van der Waals surface area contributed by atoms with Gasteiger partial charge in [0.2, 0.25) is 10.0 Å². The van der Waals surface area contributed by atoms with Crippen LogP contribution in [0.15, 0.2) is 53.4 Å². The summed E-state index contributed by atoms with van der Waals surface area (Å²) in [4.78, 5) is 11.7. The van der Waals surface area contributed by atoms with Gasteiger partial charge in [-0.1, -0.05) is 30.3 Å². The van der Waals surface area contributed by atoms with E-state index >= 15 is 0 Å². The first-order valence-electron chi connectivity index (χ1n) is 7.80. The quantitative estimate of drug-likeness (QED) is 0.865. The van der Waals surface area contributed by atoms with E-state index in [1.165, 1.54) is 36.9 Å². The van der Waals surface area contributed by atoms with Crippen molar-refractivity contribution >= 4 is 16.0 Å². The van der Waals surface area contributed by atoms with Gasteiger partial charge in [0, 0.05) is 6.04 Å². The summed E-state index contributed by atoms with van der Waals surface area (Å²) in [6.45, 7) is 0. The third kappa shape index (κ3) is 3.34. The van der Waals surface area contributed by atoms with Gasteiger partial charge in [0.25, 0.3) is 0 Å². The zero-order valence-corrected chi connectivity index (χ0v) is 14.2. The number of hydrogen-bond acceptors (Lipinski definition) is 4. The van der Waals surface area contributed by atoms with Gasteiger partial charge in [-0.2, -0.15) is 0 Å². The highest BCUT2D eigenvalue weighted by Gasteiger charge is 2.26. The van der Waals surface area contributed by atoms with E-state index in [4.69, 9.17) is 0 Å². The lowest BCUT2D eigenvalue weighted by molar-refractivity contribution is 0.0600. The van der Waals surface area contributed by atoms with Gasteiger partial charge in [0.15, 0.2) is 0 Å². The highest BCUT2D eigenvalue weighted by Crippen LogP contribution is 2.30. The van der Waals surface area contributed by atoms with Gasteiger partial charge in [-0.25, -0.2) is 17.9 Å². The molecule has 0 saturated heterocycles. The molecule has 24 heavy (non-hydrogen) atoms. The van der Waals surface area contributed by atoms with Crippen LogP contribution in [0.5, 0.6) is 0 Å². The summed E-state index contributed by atoms with van der Waals surface area (Å²) >= 11 is 0. The van der Waals surface area contributed by atoms with Gasteiger partial charge in [0.1, 0.15) is 0 Å². The zero-order valence-electron chi connectivity index (χ0n) is 13.4. The fourth-order valence-electron chi connectivity index (χ4n) is 3.04. The van der Waals surface area contributed by atoms with Crippen molar-refractivity contribution in [2.75, 3.05) is 7.11 Å². The number of rotatable bonds is 4. The molecule has 1 atom stereocenters. The Balaban J connectivity index is 1.89. The third-order valence-corrected chi connectivity index (χ3v) is 5.70. The highest BCUT2D eigenvalue weighted by molar-refractivity contribution is 7.89. The third-order valence-electron chi connectivity index (χ3n) is 4.23. The fraction of sp³-hybridized carbons (Fsp3) is 0.278. The van der Waals surface area contributed by atoms with Crippen LogP contribution in [0.4, 0.5) is 0 Å². The minimum atomic E-state index is -3.72. The molecule has 1 N–H and O–H groups in total. The molecular formula is C18H19NO4S. The van der Waals surface area contributed by atoms with Gasteiger partial charge in [-0.15, -0.1) is 0 Å². The maximum Gasteiger partial charge on any atom is 0.337 e. The predicted molar refractivity (Wildman–Crippen MR) is 90.2 cm³/mol. The smallest absolute Gasteiger partial charge is 0.337 e. The summed E-state index contributed by atoms with van der Waals surface area (Å²) in [6, 6.07) is 13.5. The Morgan fingerprint density at radius 3 is 2.75 bits per heavy atom. The lowest BCUT2D eigenvalue weighted by Crippen LogP contribution is -2.31. The number of esters is 1. The molecule has 0 heterocycles. The molecule has 3 rings (SSSR count). The van der Waals surface area contributed by atoms with Crippen molar-refractivity contribution in [1.82, 2.24) is 4.72 Å². The minimum Gasteiger partial charge on any atom is -0.465 e. The number of fused-ring (bicyclic) bond motifs is 1. The molecule has 5 nitrogen and oxygen atoms in total. The van der Waals surface area contributed by atoms with E-state index in [0.717, 1.165) is 24.8 Å². The average Bonchev–Trinajstić information content (AvgIpc) is 2.61. The summed E-state index contributed by atoms with van der Waals surface area (Å²) < 4.78 is 32.8. The molecule has 0 radical (unpaired) electrons. The van der Waals surface area contributed by atoms with Gasteiger partial charge in [-0.3, -0.25) is 0 Å². The molecule has 0 unspecified atom stereocenters. The number of aryl methyl sites for hydroxylation is 1. The molecule has 1 aliphatic carbocycles. The van der Waals surface area contributed by atoms with Gasteiger partial charge in [0.05, 0.1) is 17.6 Å². The first kappa shape index (κ1) is 16.7. The summed E-state index contributed by atoms with van der Waals surface area (Å²) in [5.41, 5.74) is 2.42. The van der Waals surface area contributed by atoms with Crippen molar-refractivity contribution < 1.29 is 17.9 Å². The standard InChI is InChI=1S/C18H19NO4S/c1-23-18(20)14-8-4-9-15(12-14)24(21,22)19-17-11-5-7-13-6-2-3-10-16(13)17/h2-4,6,8-10,12,17,19H,5,7,11H2,1H3/t17-/m0/s1. The van der Waals surface area contributed by atoms with E-state index in [-0.39, 0.29) is 16.5 Å². The van der Waals surface area contributed by atoms with Crippen molar-refractivity contribution in [2.45, 2.75) is 30.2 Å². The molecule has 0 saturated carbocycles. The van der Waals surface area contributed by atoms with Crippen LogP contribution in [0.2, 0.25) is 0 Å². The van der Waals surface area contributed by atoms with Crippen molar-refractivity contribution in [2.24, 2.45) is 0 Å². The van der Waals surface area contributed by atoms with Crippen LogP contribution in [-0.4, -0.2) is 21.5 Å². The van der Waals surface area contributed by atoms with Crippen LogP contribution >= 0.6 is 0 Å². The van der Waals surface area contributed by atoms with Crippen molar-refractivity contribution in [3.05, 3.63) is 65.2 Å². The molecule has 1 aliphatic rings. The van der Waals surface area contributed by atoms with Gasteiger partial charge in [-0.05, 0) is 48.6 Å². The summed E-state index contributed by atoms with van der Waals surface area (Å²) in [7, 11) is -2.46. The Hall–Kier alpha value is -2.18. The SMILES string of the molecule is COC(=O)c1cccc(S(=O)(=O)N[C@H]2CCCc3ccccc32)c1. The molecule has 2 aromatic rings. The maximum atomic E-state index is 12.7. The van der Waals surface area contributed by atoms with Gasteiger partial charge >= 0.3 is 5.97 Å². The minimum absolute atomic E-state index is 0.0634. The number of ether oxygens (including phenoxy) is 1. The molecule has 6 heteroatoms. The zero-order chi connectivity index (χ0) is 17.2. The lowest BCUT2D eigenvalue weighted by atomic mass is 9.88. The Kier molecular flexibility index (Phi) is 4.69. The number of methoxy groups -OCH3 is 1. The summed E-state index contributed by atoms with van der Waals surface area (Å²) in [5, 5.41) is 0. The van der Waals surface area contributed by atoms with E-state index in [9.17, 15) is 13.2 Å². The van der Waals surface area contributed by atoms with Crippen LogP contribution in [-0.2, 0) is 21.2 Å². The first-order chi connectivity index (χ1) is 11.5. The molecule has 0 bridgehead atoms. The second kappa shape index (κ2) is 6.75. The van der Waals surface area contributed by atoms with E-state index in [2.05, 4.69) is 9.46 Å². The lowest BCUT2D eigenvalue weighted by Gasteiger charge is -2.26. The monoisotopic (exact) mass is 345 g/mol. The Morgan fingerprint density at radius 1 is 1.17 bits per heavy atom. The summed E-state index contributed by atoms with van der Waals surface area (Å²) in [6.07, 6.45) is 2.66. The van der Waals surface area contributed by atoms with E-state index in [1.54, 1.807) is 0 Å². The normalized spacial score (nSPS) is 17.1. The number of nitrogens with one attached hydrogen (secondary N) is 1. The molecule has 0 fully saturated rings. The van der Waals surface area contributed by atoms with Crippen LogP contribution in [0.3, 0.4) is 0 Å². The number of sulfonamides is 1. The van der Waals surface area contributed by atoms with Crippen LogP contribution in [0.1, 0.15) is 40.4 Å². The van der Waals surface area contributed by atoms with Crippen molar-refractivity contribution in [3.8, 4) is 0 Å². The molecular weight excluding hydrogens is 326 g/mol. The van der Waals surface area contributed by atoms with Crippen molar-refractivity contribution in [3.63, 3.8) is 0 Å². The highest BCUT2D eigenvalue weighted by atomic mass is 32.2. The first-order valence-corrected chi connectivity index (χ1v) is 9.28. The Bertz CT molecular complexity index is 861. The summed E-state index contributed by atoms with van der Waals surface area (Å²) in [5.74, 6) is -0.560. The van der Waals surface area contributed by atoms with E-state index in [1.807, 2.05) is 24.3 Å². The number of carbonyl (C=O) groups is 1. The largest absolute Gasteiger partial charge is 0.465 e. The number of carbonyl (C=O) groups excluding carboxylic acids is 1. The molecule has 2 aromatic carbocycles. The second-order valence-corrected chi connectivity index (χ2v) is 7.50. The molecule has 126 valence electrons. The van der Waals surface area contributed by atoms with E-state index < -0.39 is 16.0 Å². The molecule has 0 amide bonds. The molecule has 0 spiro atoms. The number of hydrogen-bond donors (Lipinski definition) is 1. The average molecular weight is 345 g/mol. The van der Waals surface area contributed by atoms with Crippen LogP contribution in [0.25, 0.3) is 0 Å². The maximum absolute atomic E-state index is 12.7. The van der Waals surface area contributed by atoms with Crippen LogP contribution in [0, 0.1) is 0 Å². The predicted octanol–water partition coefficient (Wildman–Crippen LogP) is 2.83. The molecule has 0 aromatic heterocycles. The topological polar surface area (TPSA) is 72.5 Å². The molecule has 0 aliphatic heterocycles. The van der Waals surface area contributed by atoms with Crippen molar-refractivity contribution in [1.29, 1.82) is 0 Å². The van der Waals surface area contributed by atoms with Crippen LogP contribution < -0.4 is 4.72 Å². The Morgan fingerprint density at radius 2 is 1.96 bits per heavy atom. The Labute approximate surface area is 141 Å². The second-order valence-electron chi connectivity index (χ2n) is 5.78. The van der Waals surface area contributed by atoms with E-state index in [0.29, 0.717) is 0 Å². The van der Waals surface area contributed by atoms with Gasteiger partial charge < -0.3 is 4.74 Å². The number of benzene rings is 2.